The van der Waals surface area contributed by atoms with Crippen LogP contribution in [0.1, 0.15) is 16.7 Å². The van der Waals surface area contributed by atoms with Crippen molar-refractivity contribution in [3.05, 3.63) is 84.9 Å². The molecule has 0 bridgehead atoms. The van der Waals surface area contributed by atoms with Crippen LogP contribution in [0.25, 0.3) is 0 Å². The molecule has 0 spiro atoms. The topological polar surface area (TPSA) is 30.5 Å². The van der Waals surface area contributed by atoms with E-state index < -0.39 is 0 Å². The summed E-state index contributed by atoms with van der Waals surface area (Å²) in [5.41, 5.74) is 4.18. The molecule has 3 nitrogen and oxygen atoms in total. The average Bonchev–Trinajstić information content (AvgIpc) is 2.69. The maximum atomic E-state index is 6.20. The monoisotopic (exact) mass is 527 g/mol. The van der Waals surface area contributed by atoms with Crippen LogP contribution < -0.4 is 14.8 Å². The molecule has 0 saturated carbocycles. The summed E-state index contributed by atoms with van der Waals surface area (Å²) in [6.45, 7) is 3.09. The minimum absolute atomic E-state index is 0.447. The van der Waals surface area contributed by atoms with Crippen LogP contribution in [-0.2, 0) is 13.2 Å². The first-order chi connectivity index (χ1) is 13.5. The Labute approximate surface area is 189 Å². The molecule has 1 N–H and O–H groups in total. The number of hydrogen-bond acceptors (Lipinski definition) is 3. The fourth-order valence-electron chi connectivity index (χ4n) is 2.66. The molecule has 0 saturated heterocycles. The average molecular weight is 528 g/mol. The van der Waals surface area contributed by atoms with Crippen LogP contribution >= 0.6 is 45.8 Å². The molecule has 146 valence electrons. The zero-order valence-corrected chi connectivity index (χ0v) is 19.2. The van der Waals surface area contributed by atoms with Crippen LogP contribution in [0.3, 0.4) is 0 Å². The van der Waals surface area contributed by atoms with Crippen molar-refractivity contribution in [3.8, 4) is 11.5 Å². The van der Waals surface area contributed by atoms with Gasteiger partial charge in [0.1, 0.15) is 6.61 Å². The predicted octanol–water partition coefficient (Wildman–Crippen LogP) is 7.11. The number of halogens is 3. The van der Waals surface area contributed by atoms with Gasteiger partial charge in [0.25, 0.3) is 0 Å². The molecule has 0 aliphatic rings. The Morgan fingerprint density at radius 1 is 0.964 bits per heavy atom. The van der Waals surface area contributed by atoms with Crippen molar-refractivity contribution >= 4 is 51.5 Å². The normalized spacial score (nSPS) is 10.6. The summed E-state index contributed by atoms with van der Waals surface area (Å²) in [7, 11) is 1.65. The van der Waals surface area contributed by atoms with Gasteiger partial charge in [-0.25, -0.2) is 0 Å². The molecule has 0 aromatic heterocycles. The van der Waals surface area contributed by atoms with E-state index in [4.69, 9.17) is 32.7 Å². The van der Waals surface area contributed by atoms with Gasteiger partial charge in [-0.05, 0) is 82.6 Å². The molecule has 3 rings (SSSR count). The lowest BCUT2D eigenvalue weighted by Crippen LogP contribution is -2.04. The van der Waals surface area contributed by atoms with E-state index in [9.17, 15) is 0 Å². The smallest absolute Gasteiger partial charge is 0.174 e. The highest BCUT2D eigenvalue weighted by molar-refractivity contribution is 14.1. The summed E-state index contributed by atoms with van der Waals surface area (Å²) in [5, 5.41) is 4.86. The zero-order valence-electron chi connectivity index (χ0n) is 15.6. The van der Waals surface area contributed by atoms with Crippen LogP contribution in [0.2, 0.25) is 10.0 Å². The van der Waals surface area contributed by atoms with Gasteiger partial charge in [-0.2, -0.15) is 0 Å². The third kappa shape index (κ3) is 5.46. The molecular formula is C22H20Cl2INO2. The molecule has 0 heterocycles. The highest BCUT2D eigenvalue weighted by Gasteiger charge is 2.12. The van der Waals surface area contributed by atoms with Crippen molar-refractivity contribution in [2.45, 2.75) is 20.1 Å². The minimum atomic E-state index is 0.447. The minimum Gasteiger partial charge on any atom is -0.493 e. The van der Waals surface area contributed by atoms with E-state index in [1.54, 1.807) is 7.11 Å². The van der Waals surface area contributed by atoms with Crippen molar-refractivity contribution in [2.75, 3.05) is 12.4 Å². The van der Waals surface area contributed by atoms with Crippen LogP contribution in [0.4, 0.5) is 5.69 Å². The molecule has 3 aromatic carbocycles. The highest BCUT2D eigenvalue weighted by Crippen LogP contribution is 2.35. The number of nitrogens with one attached hydrogen (secondary N) is 1. The van der Waals surface area contributed by atoms with Gasteiger partial charge in [-0.3, -0.25) is 0 Å². The predicted molar refractivity (Wildman–Crippen MR) is 125 cm³/mol. The van der Waals surface area contributed by atoms with Crippen molar-refractivity contribution in [1.82, 2.24) is 0 Å². The molecule has 0 atom stereocenters. The number of methoxy groups -OCH3 is 1. The summed E-state index contributed by atoms with van der Waals surface area (Å²) >= 11 is 14.4. The van der Waals surface area contributed by atoms with Gasteiger partial charge in [0.2, 0.25) is 0 Å². The van der Waals surface area contributed by atoms with Crippen LogP contribution in [0.5, 0.6) is 11.5 Å². The molecule has 0 fully saturated rings. The second-order valence-corrected chi connectivity index (χ2v) is 8.35. The standard InChI is InChI=1S/C22H20Cl2INO2/c1-14-3-8-18(11-19(14)24)26-12-16-9-20(25)22(21(10-16)27-2)28-13-15-4-6-17(23)7-5-15/h3-11,26H,12-13H2,1-2H3. The Morgan fingerprint density at radius 3 is 2.39 bits per heavy atom. The molecular weight excluding hydrogens is 508 g/mol. The number of anilines is 1. The van der Waals surface area contributed by atoms with Crippen LogP contribution in [0, 0.1) is 10.5 Å². The Hall–Kier alpha value is -1.63. The van der Waals surface area contributed by atoms with E-state index in [1.165, 1.54) is 0 Å². The van der Waals surface area contributed by atoms with E-state index in [0.29, 0.717) is 23.9 Å². The van der Waals surface area contributed by atoms with Gasteiger partial charge in [0.15, 0.2) is 11.5 Å². The third-order valence-electron chi connectivity index (χ3n) is 4.25. The molecule has 6 heteroatoms. The quantitative estimate of drug-likeness (QED) is 0.332. The van der Waals surface area contributed by atoms with Gasteiger partial charge in [0.05, 0.1) is 10.7 Å². The second kappa shape index (κ2) is 9.72. The number of rotatable bonds is 7. The lowest BCUT2D eigenvalue weighted by molar-refractivity contribution is 0.282. The fraction of sp³-hybridized carbons (Fsp3) is 0.182. The van der Waals surface area contributed by atoms with E-state index in [0.717, 1.165) is 36.7 Å². The maximum absolute atomic E-state index is 6.20. The summed E-state index contributed by atoms with van der Waals surface area (Å²) in [4.78, 5) is 0. The van der Waals surface area contributed by atoms with Crippen LogP contribution in [0.15, 0.2) is 54.6 Å². The van der Waals surface area contributed by atoms with Gasteiger partial charge in [-0.1, -0.05) is 41.4 Å². The van der Waals surface area contributed by atoms with Gasteiger partial charge in [-0.15, -0.1) is 0 Å². The molecule has 28 heavy (non-hydrogen) atoms. The van der Waals surface area contributed by atoms with Crippen LogP contribution in [-0.4, -0.2) is 7.11 Å². The SMILES string of the molecule is COc1cc(CNc2ccc(C)c(Cl)c2)cc(I)c1OCc1ccc(Cl)cc1. The van der Waals surface area contributed by atoms with E-state index >= 15 is 0 Å². The number of hydrogen-bond donors (Lipinski definition) is 1. The summed E-state index contributed by atoms with van der Waals surface area (Å²) in [5.74, 6) is 1.44. The molecule has 0 amide bonds. The summed E-state index contributed by atoms with van der Waals surface area (Å²) < 4.78 is 12.6. The van der Waals surface area contributed by atoms with E-state index in [-0.39, 0.29) is 0 Å². The summed E-state index contributed by atoms with van der Waals surface area (Å²) in [6, 6.07) is 17.6. The highest BCUT2D eigenvalue weighted by atomic mass is 127. The third-order valence-corrected chi connectivity index (χ3v) is 5.71. The Bertz CT molecular complexity index is 961. The molecule has 0 radical (unpaired) electrons. The van der Waals surface area contributed by atoms with Gasteiger partial charge in [0, 0.05) is 22.3 Å². The van der Waals surface area contributed by atoms with Gasteiger partial charge >= 0.3 is 0 Å². The molecule has 0 aliphatic carbocycles. The molecule has 0 unspecified atom stereocenters. The number of benzene rings is 3. The van der Waals surface area contributed by atoms with Crippen molar-refractivity contribution < 1.29 is 9.47 Å². The van der Waals surface area contributed by atoms with Crippen molar-refractivity contribution in [1.29, 1.82) is 0 Å². The number of aryl methyl sites for hydroxylation is 1. The lowest BCUT2D eigenvalue weighted by Gasteiger charge is -2.15. The Kier molecular flexibility index (Phi) is 7.32. The zero-order chi connectivity index (χ0) is 20.1. The largest absolute Gasteiger partial charge is 0.493 e. The fourth-order valence-corrected chi connectivity index (χ4v) is 3.79. The number of ether oxygens (including phenoxy) is 2. The first kappa shape index (κ1) is 21.1. The van der Waals surface area contributed by atoms with Crippen molar-refractivity contribution in [3.63, 3.8) is 0 Å². The summed E-state index contributed by atoms with van der Waals surface area (Å²) in [6.07, 6.45) is 0. The second-order valence-electron chi connectivity index (χ2n) is 6.34. The maximum Gasteiger partial charge on any atom is 0.174 e. The molecule has 3 aromatic rings. The molecule has 0 aliphatic heterocycles. The Balaban J connectivity index is 1.71. The Morgan fingerprint density at radius 2 is 1.71 bits per heavy atom. The lowest BCUT2D eigenvalue weighted by atomic mass is 10.1. The van der Waals surface area contributed by atoms with Crippen molar-refractivity contribution in [2.24, 2.45) is 0 Å². The van der Waals surface area contributed by atoms with E-state index in [2.05, 4.69) is 34.0 Å². The first-order valence-electron chi connectivity index (χ1n) is 8.70. The first-order valence-corrected chi connectivity index (χ1v) is 10.5. The van der Waals surface area contributed by atoms with Gasteiger partial charge < -0.3 is 14.8 Å². The van der Waals surface area contributed by atoms with E-state index in [1.807, 2.05) is 55.5 Å².